The molecule has 0 N–H and O–H groups in total. The first-order valence-electron chi connectivity index (χ1n) is 5.28. The quantitative estimate of drug-likeness (QED) is 0.701. The number of rotatable bonds is 5. The summed E-state index contributed by atoms with van der Waals surface area (Å²) in [5, 5.41) is 0. The predicted octanol–water partition coefficient (Wildman–Crippen LogP) is 2.97. The molecular formula is C12H18O3. The van der Waals surface area contributed by atoms with E-state index in [9.17, 15) is 4.79 Å². The van der Waals surface area contributed by atoms with Gasteiger partial charge in [0.2, 0.25) is 0 Å². The molecule has 0 aromatic carbocycles. The van der Waals surface area contributed by atoms with Gasteiger partial charge in [-0.25, -0.2) is 0 Å². The zero-order valence-electron chi connectivity index (χ0n) is 9.53. The number of hydrogen-bond donors (Lipinski definition) is 0. The molecular weight excluding hydrogens is 192 g/mol. The molecule has 1 rings (SSSR count). The molecule has 0 aliphatic heterocycles. The van der Waals surface area contributed by atoms with Crippen LogP contribution in [-0.4, -0.2) is 12.6 Å². The van der Waals surface area contributed by atoms with Crippen LogP contribution in [0.5, 0.6) is 0 Å². The minimum Gasteiger partial charge on any atom is -0.469 e. The molecule has 0 spiro atoms. The summed E-state index contributed by atoms with van der Waals surface area (Å²) >= 11 is 0. The molecule has 1 unspecified atom stereocenters. The molecule has 0 saturated carbocycles. The largest absolute Gasteiger partial charge is 0.469 e. The van der Waals surface area contributed by atoms with Crippen LogP contribution in [0.4, 0.5) is 0 Å². The molecule has 0 bridgehead atoms. The third-order valence-electron chi connectivity index (χ3n) is 2.08. The van der Waals surface area contributed by atoms with Crippen molar-refractivity contribution in [3.05, 3.63) is 24.2 Å². The van der Waals surface area contributed by atoms with Crippen LogP contribution in [0, 0.1) is 5.92 Å². The number of ether oxygens (including phenoxy) is 1. The number of carbonyl (C=O) groups is 1. The lowest BCUT2D eigenvalue weighted by Gasteiger charge is -2.10. The lowest BCUT2D eigenvalue weighted by atomic mass is 10.1. The van der Waals surface area contributed by atoms with Crippen LogP contribution in [0.2, 0.25) is 0 Å². The van der Waals surface area contributed by atoms with Gasteiger partial charge in [0.25, 0.3) is 0 Å². The molecule has 0 fully saturated rings. The van der Waals surface area contributed by atoms with E-state index in [-0.39, 0.29) is 11.9 Å². The van der Waals surface area contributed by atoms with Crippen molar-refractivity contribution in [3.63, 3.8) is 0 Å². The van der Waals surface area contributed by atoms with Crippen molar-refractivity contribution in [2.24, 2.45) is 5.92 Å². The number of esters is 1. The summed E-state index contributed by atoms with van der Waals surface area (Å²) in [4.78, 5) is 11.4. The van der Waals surface area contributed by atoms with Gasteiger partial charge in [0, 0.05) is 5.92 Å². The lowest BCUT2D eigenvalue weighted by Crippen LogP contribution is -2.12. The molecule has 0 radical (unpaired) electrons. The van der Waals surface area contributed by atoms with E-state index in [4.69, 9.17) is 9.15 Å². The molecule has 1 heterocycles. The first-order valence-corrected chi connectivity index (χ1v) is 5.28. The highest BCUT2D eigenvalue weighted by molar-refractivity contribution is 5.70. The predicted molar refractivity (Wildman–Crippen MR) is 57.5 cm³/mol. The second-order valence-corrected chi connectivity index (χ2v) is 4.20. The van der Waals surface area contributed by atoms with Gasteiger partial charge in [0.05, 0.1) is 19.3 Å². The van der Waals surface area contributed by atoms with Crippen molar-refractivity contribution in [2.45, 2.75) is 33.1 Å². The van der Waals surface area contributed by atoms with Gasteiger partial charge >= 0.3 is 5.97 Å². The van der Waals surface area contributed by atoms with Crippen molar-refractivity contribution < 1.29 is 13.9 Å². The third kappa shape index (κ3) is 4.19. The highest BCUT2D eigenvalue weighted by Gasteiger charge is 2.14. The normalized spacial score (nSPS) is 12.8. The van der Waals surface area contributed by atoms with E-state index >= 15 is 0 Å². The second-order valence-electron chi connectivity index (χ2n) is 4.20. The Hall–Kier alpha value is -1.25. The minimum absolute atomic E-state index is 0.0830. The Balaban J connectivity index is 2.32. The standard InChI is InChI=1S/C12H18O3/c1-9(2)8-15-12(13)7-10(3)11-5-4-6-14-11/h4-6,9-10H,7-8H2,1-3H3. The van der Waals surface area contributed by atoms with E-state index in [0.29, 0.717) is 18.9 Å². The molecule has 3 nitrogen and oxygen atoms in total. The fourth-order valence-electron chi connectivity index (χ4n) is 1.24. The highest BCUT2D eigenvalue weighted by Crippen LogP contribution is 2.19. The van der Waals surface area contributed by atoms with Gasteiger partial charge in [-0.2, -0.15) is 0 Å². The van der Waals surface area contributed by atoms with Gasteiger partial charge in [-0.3, -0.25) is 4.79 Å². The average molecular weight is 210 g/mol. The Bertz CT molecular complexity index is 288. The van der Waals surface area contributed by atoms with Gasteiger partial charge in [0.15, 0.2) is 0 Å². The lowest BCUT2D eigenvalue weighted by molar-refractivity contribution is -0.145. The Labute approximate surface area is 90.4 Å². The molecule has 1 aromatic rings. The van der Waals surface area contributed by atoms with E-state index in [1.807, 2.05) is 32.9 Å². The van der Waals surface area contributed by atoms with Gasteiger partial charge < -0.3 is 9.15 Å². The number of carbonyl (C=O) groups excluding carboxylic acids is 1. The molecule has 0 aliphatic rings. The van der Waals surface area contributed by atoms with E-state index in [1.165, 1.54) is 0 Å². The summed E-state index contributed by atoms with van der Waals surface area (Å²) in [7, 11) is 0. The maximum absolute atomic E-state index is 11.4. The summed E-state index contributed by atoms with van der Waals surface area (Å²) in [6.07, 6.45) is 1.99. The number of hydrogen-bond acceptors (Lipinski definition) is 3. The van der Waals surface area contributed by atoms with Gasteiger partial charge in [0.1, 0.15) is 5.76 Å². The van der Waals surface area contributed by atoms with Crippen molar-refractivity contribution in [1.29, 1.82) is 0 Å². The zero-order valence-corrected chi connectivity index (χ0v) is 9.53. The Morgan fingerprint density at radius 2 is 2.20 bits per heavy atom. The van der Waals surface area contributed by atoms with Crippen LogP contribution in [0.3, 0.4) is 0 Å². The van der Waals surface area contributed by atoms with Crippen molar-refractivity contribution in [3.8, 4) is 0 Å². The Kier molecular flexibility index (Phi) is 4.40. The zero-order chi connectivity index (χ0) is 11.3. The molecule has 15 heavy (non-hydrogen) atoms. The van der Waals surface area contributed by atoms with E-state index in [2.05, 4.69) is 0 Å². The summed E-state index contributed by atoms with van der Waals surface area (Å²) in [6, 6.07) is 3.70. The molecule has 84 valence electrons. The van der Waals surface area contributed by atoms with Crippen LogP contribution in [0.15, 0.2) is 22.8 Å². The molecule has 3 heteroatoms. The Morgan fingerprint density at radius 3 is 2.73 bits per heavy atom. The fraction of sp³-hybridized carbons (Fsp3) is 0.583. The smallest absolute Gasteiger partial charge is 0.306 e. The highest BCUT2D eigenvalue weighted by atomic mass is 16.5. The molecule has 1 aromatic heterocycles. The van der Waals surface area contributed by atoms with Crippen molar-refractivity contribution >= 4 is 5.97 Å². The second kappa shape index (κ2) is 5.59. The summed E-state index contributed by atoms with van der Waals surface area (Å²) in [6.45, 7) is 6.48. The monoisotopic (exact) mass is 210 g/mol. The van der Waals surface area contributed by atoms with Crippen LogP contribution < -0.4 is 0 Å². The Morgan fingerprint density at radius 1 is 1.47 bits per heavy atom. The van der Waals surface area contributed by atoms with Gasteiger partial charge in [-0.15, -0.1) is 0 Å². The third-order valence-corrected chi connectivity index (χ3v) is 2.08. The maximum Gasteiger partial charge on any atom is 0.306 e. The topological polar surface area (TPSA) is 39.4 Å². The van der Waals surface area contributed by atoms with Crippen LogP contribution >= 0.6 is 0 Å². The first kappa shape index (κ1) is 11.8. The summed E-state index contributed by atoms with van der Waals surface area (Å²) in [5.74, 6) is 1.14. The SMILES string of the molecule is CC(C)COC(=O)CC(C)c1ccco1. The van der Waals surface area contributed by atoms with Gasteiger partial charge in [-0.1, -0.05) is 20.8 Å². The van der Waals surface area contributed by atoms with E-state index in [1.54, 1.807) is 6.26 Å². The number of furan rings is 1. The molecule has 0 amide bonds. The van der Waals surface area contributed by atoms with Crippen molar-refractivity contribution in [2.75, 3.05) is 6.61 Å². The van der Waals surface area contributed by atoms with Crippen LogP contribution in [-0.2, 0) is 9.53 Å². The van der Waals surface area contributed by atoms with Crippen LogP contribution in [0.25, 0.3) is 0 Å². The molecule has 0 saturated heterocycles. The fourth-order valence-corrected chi connectivity index (χ4v) is 1.24. The van der Waals surface area contributed by atoms with E-state index in [0.717, 1.165) is 5.76 Å². The average Bonchev–Trinajstić information content (AvgIpc) is 2.67. The minimum atomic E-state index is -0.160. The van der Waals surface area contributed by atoms with Gasteiger partial charge in [-0.05, 0) is 18.1 Å². The maximum atomic E-state index is 11.4. The van der Waals surface area contributed by atoms with Crippen molar-refractivity contribution in [1.82, 2.24) is 0 Å². The van der Waals surface area contributed by atoms with Crippen LogP contribution in [0.1, 0.15) is 38.9 Å². The summed E-state index contributed by atoms with van der Waals surface area (Å²) < 4.78 is 10.3. The molecule has 1 atom stereocenters. The molecule has 0 aliphatic carbocycles. The first-order chi connectivity index (χ1) is 7.09. The summed E-state index contributed by atoms with van der Waals surface area (Å²) in [5.41, 5.74) is 0. The van der Waals surface area contributed by atoms with E-state index < -0.39 is 0 Å².